The average molecular weight is 181 g/mol. The van der Waals surface area contributed by atoms with Crippen LogP contribution in [0.4, 0.5) is 0 Å². The summed E-state index contributed by atoms with van der Waals surface area (Å²) in [4.78, 5) is 11.5. The second-order valence-corrected chi connectivity index (χ2v) is 3.90. The van der Waals surface area contributed by atoms with E-state index in [1.807, 2.05) is 0 Å². The van der Waals surface area contributed by atoms with Gasteiger partial charge >= 0.3 is 0 Å². The molecule has 3 nitrogen and oxygen atoms in total. The number of fused-ring (bicyclic) bond motifs is 2. The first kappa shape index (κ1) is 8.75. The summed E-state index contributed by atoms with van der Waals surface area (Å²) in [7, 11) is 0. The molecule has 2 aliphatic rings. The molecule has 1 saturated carbocycles. The van der Waals surface area contributed by atoms with E-state index in [-0.39, 0.29) is 18.4 Å². The Morgan fingerprint density at radius 2 is 2.31 bits per heavy atom. The molecule has 0 heterocycles. The second-order valence-electron chi connectivity index (χ2n) is 3.90. The Morgan fingerprint density at radius 3 is 2.85 bits per heavy atom. The predicted octanol–water partition coefficient (Wildman–Crippen LogP) is 0.307. The Hall–Kier alpha value is -0.830. The molecular formula is C10H15NO2. The zero-order valence-electron chi connectivity index (χ0n) is 7.57. The van der Waals surface area contributed by atoms with Gasteiger partial charge in [0.1, 0.15) is 0 Å². The molecule has 1 fully saturated rings. The standard InChI is InChI=1S/C10H15NO2/c12-4-3-11-10(13)9-6-7-1-2-8(9)5-7/h1-2,7-9,12H,3-6H2,(H,11,13)/t7-,8-,9+/m1/s1. The molecule has 2 N–H and O–H groups in total. The maximum absolute atomic E-state index is 11.5. The minimum absolute atomic E-state index is 0.0302. The molecule has 0 aliphatic heterocycles. The van der Waals surface area contributed by atoms with Crippen LogP contribution in [0.1, 0.15) is 12.8 Å². The topological polar surface area (TPSA) is 49.3 Å². The monoisotopic (exact) mass is 181 g/mol. The lowest BCUT2D eigenvalue weighted by Crippen LogP contribution is -2.34. The van der Waals surface area contributed by atoms with Crippen LogP contribution in [0.25, 0.3) is 0 Å². The lowest BCUT2D eigenvalue weighted by atomic mass is 9.93. The van der Waals surface area contributed by atoms with E-state index in [4.69, 9.17) is 5.11 Å². The SMILES string of the molecule is O=C(NCCO)[C@H]1C[C@@H]2C=C[C@@H]1C2. The molecule has 0 aromatic rings. The number of hydrogen-bond acceptors (Lipinski definition) is 2. The van der Waals surface area contributed by atoms with Crippen molar-refractivity contribution in [3.05, 3.63) is 12.2 Å². The first-order valence-electron chi connectivity index (χ1n) is 4.88. The molecule has 13 heavy (non-hydrogen) atoms. The summed E-state index contributed by atoms with van der Waals surface area (Å²) in [6.07, 6.45) is 6.54. The third-order valence-electron chi connectivity index (χ3n) is 3.03. The molecule has 0 unspecified atom stereocenters. The van der Waals surface area contributed by atoms with Crippen molar-refractivity contribution in [1.29, 1.82) is 0 Å². The molecule has 0 spiro atoms. The van der Waals surface area contributed by atoms with Crippen LogP contribution in [-0.2, 0) is 4.79 Å². The van der Waals surface area contributed by atoms with Crippen LogP contribution in [0, 0.1) is 17.8 Å². The third-order valence-corrected chi connectivity index (χ3v) is 3.03. The fourth-order valence-electron chi connectivity index (χ4n) is 2.39. The number of hydrogen-bond donors (Lipinski definition) is 2. The van der Waals surface area contributed by atoms with E-state index in [9.17, 15) is 4.79 Å². The number of amides is 1. The van der Waals surface area contributed by atoms with Crippen molar-refractivity contribution in [3.63, 3.8) is 0 Å². The maximum atomic E-state index is 11.5. The van der Waals surface area contributed by atoms with E-state index in [1.165, 1.54) is 0 Å². The highest BCUT2D eigenvalue weighted by Crippen LogP contribution is 2.43. The van der Waals surface area contributed by atoms with Crippen LogP contribution in [0.3, 0.4) is 0 Å². The van der Waals surface area contributed by atoms with Crippen molar-refractivity contribution >= 4 is 5.91 Å². The largest absolute Gasteiger partial charge is 0.395 e. The van der Waals surface area contributed by atoms with Gasteiger partial charge in [-0.05, 0) is 24.7 Å². The molecule has 3 atom stereocenters. The summed E-state index contributed by atoms with van der Waals surface area (Å²) in [5.41, 5.74) is 0. The number of aliphatic hydroxyl groups is 1. The van der Waals surface area contributed by atoms with Crippen molar-refractivity contribution < 1.29 is 9.90 Å². The molecule has 72 valence electrons. The molecule has 0 aromatic heterocycles. The average Bonchev–Trinajstić information content (AvgIpc) is 2.74. The molecule has 3 heteroatoms. The van der Waals surface area contributed by atoms with Crippen LogP contribution in [0.2, 0.25) is 0 Å². The summed E-state index contributed by atoms with van der Waals surface area (Å²) < 4.78 is 0. The Bertz CT molecular complexity index is 237. The van der Waals surface area contributed by atoms with Gasteiger partial charge in [-0.25, -0.2) is 0 Å². The quantitative estimate of drug-likeness (QED) is 0.615. The summed E-state index contributed by atoms with van der Waals surface area (Å²) in [6, 6.07) is 0. The molecule has 1 amide bonds. The Balaban J connectivity index is 1.88. The minimum Gasteiger partial charge on any atom is -0.395 e. The molecular weight excluding hydrogens is 166 g/mol. The highest BCUT2D eigenvalue weighted by atomic mass is 16.3. The zero-order valence-corrected chi connectivity index (χ0v) is 7.57. The molecule has 0 saturated heterocycles. The molecule has 2 bridgehead atoms. The zero-order chi connectivity index (χ0) is 9.26. The van der Waals surface area contributed by atoms with Crippen LogP contribution in [-0.4, -0.2) is 24.2 Å². The van der Waals surface area contributed by atoms with E-state index in [1.54, 1.807) is 0 Å². The van der Waals surface area contributed by atoms with Crippen molar-refractivity contribution in [3.8, 4) is 0 Å². The number of nitrogens with one attached hydrogen (secondary N) is 1. The van der Waals surface area contributed by atoms with E-state index in [0.717, 1.165) is 12.8 Å². The number of carbonyl (C=O) groups is 1. The minimum atomic E-state index is 0.0302. The van der Waals surface area contributed by atoms with Gasteiger partial charge in [0.2, 0.25) is 5.91 Å². The number of rotatable bonds is 3. The normalized spacial score (nSPS) is 35.3. The van der Waals surface area contributed by atoms with Gasteiger partial charge in [0.15, 0.2) is 0 Å². The van der Waals surface area contributed by atoms with Gasteiger partial charge in [-0.3, -0.25) is 4.79 Å². The maximum Gasteiger partial charge on any atom is 0.223 e. The predicted molar refractivity (Wildman–Crippen MR) is 48.9 cm³/mol. The van der Waals surface area contributed by atoms with Gasteiger partial charge in [-0.15, -0.1) is 0 Å². The van der Waals surface area contributed by atoms with Gasteiger partial charge in [-0.1, -0.05) is 12.2 Å². The summed E-state index contributed by atoms with van der Waals surface area (Å²) in [5, 5.41) is 11.3. The van der Waals surface area contributed by atoms with Crippen molar-refractivity contribution in [2.75, 3.05) is 13.2 Å². The second kappa shape index (κ2) is 3.50. The number of aliphatic hydroxyl groups excluding tert-OH is 1. The van der Waals surface area contributed by atoms with Gasteiger partial charge in [0.05, 0.1) is 6.61 Å². The van der Waals surface area contributed by atoms with Crippen molar-refractivity contribution in [2.24, 2.45) is 17.8 Å². The third kappa shape index (κ3) is 1.61. The summed E-state index contributed by atoms with van der Waals surface area (Å²) >= 11 is 0. The van der Waals surface area contributed by atoms with Crippen molar-refractivity contribution in [2.45, 2.75) is 12.8 Å². The van der Waals surface area contributed by atoms with Gasteiger partial charge < -0.3 is 10.4 Å². The van der Waals surface area contributed by atoms with Crippen LogP contribution in [0.15, 0.2) is 12.2 Å². The van der Waals surface area contributed by atoms with Crippen molar-refractivity contribution in [1.82, 2.24) is 5.32 Å². The van der Waals surface area contributed by atoms with Crippen LogP contribution >= 0.6 is 0 Å². The van der Waals surface area contributed by atoms with E-state index >= 15 is 0 Å². The van der Waals surface area contributed by atoms with Crippen LogP contribution < -0.4 is 5.32 Å². The fourth-order valence-corrected chi connectivity index (χ4v) is 2.39. The summed E-state index contributed by atoms with van der Waals surface area (Å²) in [6.45, 7) is 0.416. The van der Waals surface area contributed by atoms with Gasteiger partial charge in [-0.2, -0.15) is 0 Å². The van der Waals surface area contributed by atoms with Gasteiger partial charge in [0, 0.05) is 12.5 Å². The molecule has 2 rings (SSSR count). The fraction of sp³-hybridized carbons (Fsp3) is 0.700. The van der Waals surface area contributed by atoms with E-state index in [0.29, 0.717) is 18.4 Å². The highest BCUT2D eigenvalue weighted by Gasteiger charge is 2.39. The summed E-state index contributed by atoms with van der Waals surface area (Å²) in [5.74, 6) is 1.38. The van der Waals surface area contributed by atoms with Gasteiger partial charge in [0.25, 0.3) is 0 Å². The molecule has 0 aromatic carbocycles. The highest BCUT2D eigenvalue weighted by molar-refractivity contribution is 5.79. The lowest BCUT2D eigenvalue weighted by molar-refractivity contribution is -0.125. The van der Waals surface area contributed by atoms with E-state index < -0.39 is 0 Å². The van der Waals surface area contributed by atoms with Crippen LogP contribution in [0.5, 0.6) is 0 Å². The lowest BCUT2D eigenvalue weighted by Gasteiger charge is -2.16. The Kier molecular flexibility index (Phi) is 2.36. The first-order chi connectivity index (χ1) is 6.31. The van der Waals surface area contributed by atoms with E-state index in [2.05, 4.69) is 17.5 Å². The first-order valence-corrected chi connectivity index (χ1v) is 4.88. The smallest absolute Gasteiger partial charge is 0.223 e. The Morgan fingerprint density at radius 1 is 1.46 bits per heavy atom. The molecule has 0 radical (unpaired) electrons. The Labute approximate surface area is 77.8 Å². The number of allylic oxidation sites excluding steroid dienone is 2. The molecule has 2 aliphatic carbocycles. The number of carbonyl (C=O) groups excluding carboxylic acids is 1.